The molecule has 1 nitrogen and oxygen atoms in total. The van der Waals surface area contributed by atoms with Crippen molar-refractivity contribution in [2.75, 3.05) is 11.4 Å². The molecule has 0 saturated heterocycles. The van der Waals surface area contributed by atoms with Crippen LogP contribution >= 0.6 is 0 Å². The SMILES string of the molecule is C=Cc1ccccc1N(CCCCCCCC)c1ccccc1. The number of rotatable bonds is 10. The summed E-state index contributed by atoms with van der Waals surface area (Å²) >= 11 is 0. The second kappa shape index (κ2) is 9.89. The molecule has 122 valence electrons. The van der Waals surface area contributed by atoms with Crippen LogP contribution in [0.15, 0.2) is 61.2 Å². The van der Waals surface area contributed by atoms with Crippen LogP contribution in [0.25, 0.3) is 6.08 Å². The molecule has 2 rings (SSSR count). The van der Waals surface area contributed by atoms with E-state index in [1.54, 1.807) is 0 Å². The van der Waals surface area contributed by atoms with Gasteiger partial charge in [0, 0.05) is 17.9 Å². The number of unbranched alkanes of at least 4 members (excludes halogenated alkanes) is 5. The first-order chi connectivity index (χ1) is 11.4. The molecule has 0 unspecified atom stereocenters. The Bertz CT molecular complexity index is 574. The molecule has 0 aliphatic heterocycles. The summed E-state index contributed by atoms with van der Waals surface area (Å²) in [5.74, 6) is 0. The lowest BCUT2D eigenvalue weighted by atomic mass is 10.1. The minimum absolute atomic E-state index is 1.06. The largest absolute Gasteiger partial charge is 0.341 e. The van der Waals surface area contributed by atoms with Gasteiger partial charge in [0.1, 0.15) is 0 Å². The molecule has 0 heterocycles. The summed E-state index contributed by atoms with van der Waals surface area (Å²) in [6.45, 7) is 7.29. The molecule has 0 spiro atoms. The lowest BCUT2D eigenvalue weighted by molar-refractivity contribution is 0.609. The molecule has 0 fully saturated rings. The summed E-state index contributed by atoms with van der Waals surface area (Å²) in [5, 5.41) is 0. The van der Waals surface area contributed by atoms with E-state index in [-0.39, 0.29) is 0 Å². The molecule has 0 bridgehead atoms. The van der Waals surface area contributed by atoms with E-state index in [4.69, 9.17) is 0 Å². The summed E-state index contributed by atoms with van der Waals surface area (Å²) in [6, 6.07) is 19.2. The fourth-order valence-corrected chi connectivity index (χ4v) is 2.95. The summed E-state index contributed by atoms with van der Waals surface area (Å²) in [5.41, 5.74) is 3.71. The average molecular weight is 307 g/mol. The topological polar surface area (TPSA) is 3.24 Å². The summed E-state index contributed by atoms with van der Waals surface area (Å²) < 4.78 is 0. The van der Waals surface area contributed by atoms with E-state index >= 15 is 0 Å². The second-order valence-corrected chi connectivity index (χ2v) is 6.02. The normalized spacial score (nSPS) is 10.5. The van der Waals surface area contributed by atoms with Gasteiger partial charge in [-0.15, -0.1) is 0 Å². The number of hydrogen-bond acceptors (Lipinski definition) is 1. The summed E-state index contributed by atoms with van der Waals surface area (Å²) in [6.07, 6.45) is 9.87. The molecule has 23 heavy (non-hydrogen) atoms. The highest BCUT2D eigenvalue weighted by Gasteiger charge is 2.11. The van der Waals surface area contributed by atoms with Gasteiger partial charge in [0.25, 0.3) is 0 Å². The first-order valence-corrected chi connectivity index (χ1v) is 8.91. The van der Waals surface area contributed by atoms with E-state index in [9.17, 15) is 0 Å². The van der Waals surface area contributed by atoms with Crippen LogP contribution in [0.5, 0.6) is 0 Å². The molecule has 0 amide bonds. The van der Waals surface area contributed by atoms with Crippen molar-refractivity contribution in [1.82, 2.24) is 0 Å². The third-order valence-corrected chi connectivity index (χ3v) is 4.25. The van der Waals surface area contributed by atoms with Crippen LogP contribution in [-0.4, -0.2) is 6.54 Å². The first kappa shape index (κ1) is 17.3. The Morgan fingerprint density at radius 1 is 0.826 bits per heavy atom. The molecule has 2 aromatic carbocycles. The van der Waals surface area contributed by atoms with Crippen molar-refractivity contribution in [3.8, 4) is 0 Å². The molecule has 0 N–H and O–H groups in total. The third-order valence-electron chi connectivity index (χ3n) is 4.25. The first-order valence-electron chi connectivity index (χ1n) is 8.91. The van der Waals surface area contributed by atoms with Crippen molar-refractivity contribution in [1.29, 1.82) is 0 Å². The Labute approximate surface area is 141 Å². The smallest absolute Gasteiger partial charge is 0.0484 e. The number of anilines is 2. The lowest BCUT2D eigenvalue weighted by Crippen LogP contribution is -2.19. The van der Waals surface area contributed by atoms with E-state index < -0.39 is 0 Å². The fraction of sp³-hybridized carbons (Fsp3) is 0.364. The van der Waals surface area contributed by atoms with Gasteiger partial charge < -0.3 is 4.90 Å². The standard InChI is InChI=1S/C22H29N/c1-3-5-6-7-8-14-19-23(21-16-10-9-11-17-21)22-18-13-12-15-20(22)4-2/h4,9-13,15-18H,2-3,5-8,14,19H2,1H3. The number of nitrogens with zero attached hydrogens (tertiary/aromatic N) is 1. The minimum Gasteiger partial charge on any atom is -0.341 e. The molecule has 0 saturated carbocycles. The van der Waals surface area contributed by atoms with E-state index in [0.29, 0.717) is 0 Å². The van der Waals surface area contributed by atoms with Gasteiger partial charge in [-0.3, -0.25) is 0 Å². The number of hydrogen-bond donors (Lipinski definition) is 0. The number of benzene rings is 2. The fourth-order valence-electron chi connectivity index (χ4n) is 2.95. The molecule has 0 aromatic heterocycles. The van der Waals surface area contributed by atoms with Gasteiger partial charge in [0.15, 0.2) is 0 Å². The quantitative estimate of drug-likeness (QED) is 0.435. The van der Waals surface area contributed by atoms with Crippen molar-refractivity contribution in [2.24, 2.45) is 0 Å². The lowest BCUT2D eigenvalue weighted by Gasteiger charge is -2.27. The summed E-state index contributed by atoms with van der Waals surface area (Å²) in [7, 11) is 0. The maximum Gasteiger partial charge on any atom is 0.0484 e. The Balaban J connectivity index is 2.09. The highest BCUT2D eigenvalue weighted by atomic mass is 15.1. The third kappa shape index (κ3) is 5.28. The highest BCUT2D eigenvalue weighted by Crippen LogP contribution is 2.29. The predicted molar refractivity (Wildman–Crippen MR) is 103 cm³/mol. The van der Waals surface area contributed by atoms with Crippen LogP contribution in [-0.2, 0) is 0 Å². The molecular weight excluding hydrogens is 278 g/mol. The van der Waals surface area contributed by atoms with Crippen LogP contribution in [0.3, 0.4) is 0 Å². The van der Waals surface area contributed by atoms with Gasteiger partial charge in [-0.05, 0) is 30.2 Å². The molecule has 0 atom stereocenters. The van der Waals surface area contributed by atoms with Gasteiger partial charge in [-0.2, -0.15) is 0 Å². The van der Waals surface area contributed by atoms with Gasteiger partial charge in [0.2, 0.25) is 0 Å². The minimum atomic E-state index is 1.06. The van der Waals surface area contributed by atoms with Crippen LogP contribution in [0.2, 0.25) is 0 Å². The van der Waals surface area contributed by atoms with Crippen molar-refractivity contribution in [3.05, 3.63) is 66.7 Å². The zero-order valence-electron chi connectivity index (χ0n) is 14.4. The molecular formula is C22H29N. The monoisotopic (exact) mass is 307 g/mol. The zero-order valence-corrected chi connectivity index (χ0v) is 14.4. The van der Waals surface area contributed by atoms with E-state index in [0.717, 1.165) is 6.54 Å². The van der Waals surface area contributed by atoms with Crippen molar-refractivity contribution >= 4 is 17.5 Å². The van der Waals surface area contributed by atoms with E-state index in [2.05, 4.69) is 73.0 Å². The average Bonchev–Trinajstić information content (AvgIpc) is 2.62. The van der Waals surface area contributed by atoms with Crippen LogP contribution in [0, 0.1) is 0 Å². The summed E-state index contributed by atoms with van der Waals surface area (Å²) in [4.78, 5) is 2.43. The number of para-hydroxylation sites is 2. The second-order valence-electron chi connectivity index (χ2n) is 6.02. The predicted octanol–water partition coefficient (Wildman–Crippen LogP) is 6.83. The zero-order chi connectivity index (χ0) is 16.3. The van der Waals surface area contributed by atoms with Crippen LogP contribution in [0.1, 0.15) is 51.0 Å². The molecule has 0 aliphatic rings. The van der Waals surface area contributed by atoms with Gasteiger partial charge >= 0.3 is 0 Å². The van der Waals surface area contributed by atoms with Crippen molar-refractivity contribution < 1.29 is 0 Å². The Kier molecular flexibility index (Phi) is 7.45. The van der Waals surface area contributed by atoms with Gasteiger partial charge in [-0.1, -0.05) is 88.1 Å². The van der Waals surface area contributed by atoms with Gasteiger partial charge in [0.05, 0.1) is 0 Å². The molecule has 1 heteroatoms. The Morgan fingerprint density at radius 3 is 2.22 bits per heavy atom. The van der Waals surface area contributed by atoms with Crippen LogP contribution < -0.4 is 4.90 Å². The Morgan fingerprint density at radius 2 is 1.48 bits per heavy atom. The maximum absolute atomic E-state index is 3.97. The van der Waals surface area contributed by atoms with Crippen molar-refractivity contribution in [2.45, 2.75) is 45.4 Å². The van der Waals surface area contributed by atoms with Gasteiger partial charge in [-0.25, -0.2) is 0 Å². The van der Waals surface area contributed by atoms with Crippen LogP contribution in [0.4, 0.5) is 11.4 Å². The van der Waals surface area contributed by atoms with Crippen molar-refractivity contribution in [3.63, 3.8) is 0 Å². The molecule has 0 aliphatic carbocycles. The van der Waals surface area contributed by atoms with E-state index in [1.165, 1.54) is 55.5 Å². The molecule has 2 aromatic rings. The highest BCUT2D eigenvalue weighted by molar-refractivity contribution is 5.73. The maximum atomic E-state index is 3.97. The Hall–Kier alpha value is -2.02. The molecule has 0 radical (unpaired) electrons. The van der Waals surface area contributed by atoms with E-state index in [1.807, 2.05) is 6.08 Å².